The molecule has 0 saturated heterocycles. The molecule has 0 atom stereocenters. The van der Waals surface area contributed by atoms with Crippen molar-refractivity contribution in [3.8, 4) is 0 Å². The molecule has 0 radical (unpaired) electrons. The molecule has 1 amide bonds. The summed E-state index contributed by atoms with van der Waals surface area (Å²) in [6.45, 7) is 2.67. The van der Waals surface area contributed by atoms with Gasteiger partial charge in [-0.25, -0.2) is 4.98 Å². The van der Waals surface area contributed by atoms with Gasteiger partial charge in [-0.2, -0.15) is 0 Å². The van der Waals surface area contributed by atoms with E-state index in [2.05, 4.69) is 27.8 Å². The molecule has 5 heteroatoms. The van der Waals surface area contributed by atoms with Gasteiger partial charge >= 0.3 is 0 Å². The molecule has 1 heterocycles. The van der Waals surface area contributed by atoms with Gasteiger partial charge in [0.05, 0.1) is 11.9 Å². The first kappa shape index (κ1) is 18.0. The minimum Gasteiger partial charge on any atom is -0.383 e. The Balaban J connectivity index is 1.56. The fraction of sp³-hybridized carbons (Fsp3) is 0.143. The molecule has 0 saturated carbocycles. The molecule has 0 aliphatic rings. The molecule has 4 nitrogen and oxygen atoms in total. The third kappa shape index (κ3) is 4.61. The van der Waals surface area contributed by atoms with Gasteiger partial charge in [0.15, 0.2) is 0 Å². The van der Waals surface area contributed by atoms with Gasteiger partial charge in [0.25, 0.3) is 5.91 Å². The molecule has 0 fully saturated rings. The van der Waals surface area contributed by atoms with Crippen molar-refractivity contribution in [1.29, 1.82) is 0 Å². The summed E-state index contributed by atoms with van der Waals surface area (Å²) in [6, 6.07) is 19.3. The SMILES string of the molecule is Cc1c(Cl)cccc1NC(=O)c1ccc(NCCc2ccccc2)cn1. The number of nitrogens with zero attached hydrogens (tertiary/aromatic N) is 1. The van der Waals surface area contributed by atoms with Crippen LogP contribution >= 0.6 is 11.6 Å². The third-order valence-electron chi connectivity index (χ3n) is 4.10. The standard InChI is InChI=1S/C21H20ClN3O/c1-15-18(22)8-5-9-19(15)25-21(26)20-11-10-17(14-24-20)23-13-12-16-6-3-2-4-7-16/h2-11,14,23H,12-13H2,1H3,(H,25,26). The van der Waals surface area contributed by atoms with Crippen molar-refractivity contribution < 1.29 is 4.79 Å². The fourth-order valence-electron chi connectivity index (χ4n) is 2.56. The molecule has 26 heavy (non-hydrogen) atoms. The van der Waals surface area contributed by atoms with Crippen LogP contribution in [0.2, 0.25) is 5.02 Å². The normalized spacial score (nSPS) is 10.4. The zero-order chi connectivity index (χ0) is 18.4. The van der Waals surface area contributed by atoms with Gasteiger partial charge in [0, 0.05) is 17.3 Å². The monoisotopic (exact) mass is 365 g/mol. The van der Waals surface area contributed by atoms with E-state index in [9.17, 15) is 4.79 Å². The molecule has 1 aromatic heterocycles. The van der Waals surface area contributed by atoms with Gasteiger partial charge in [-0.15, -0.1) is 0 Å². The van der Waals surface area contributed by atoms with Crippen molar-refractivity contribution in [2.75, 3.05) is 17.2 Å². The van der Waals surface area contributed by atoms with Crippen LogP contribution in [-0.2, 0) is 6.42 Å². The maximum atomic E-state index is 12.4. The van der Waals surface area contributed by atoms with Crippen molar-refractivity contribution in [1.82, 2.24) is 4.98 Å². The Morgan fingerprint density at radius 2 is 1.85 bits per heavy atom. The molecule has 0 spiro atoms. The van der Waals surface area contributed by atoms with Crippen LogP contribution in [0.1, 0.15) is 21.6 Å². The van der Waals surface area contributed by atoms with Crippen LogP contribution in [-0.4, -0.2) is 17.4 Å². The minimum absolute atomic E-state index is 0.258. The molecule has 132 valence electrons. The van der Waals surface area contributed by atoms with E-state index < -0.39 is 0 Å². The van der Waals surface area contributed by atoms with Crippen LogP contribution in [0.3, 0.4) is 0 Å². The molecule has 2 N–H and O–H groups in total. The second kappa shape index (κ2) is 8.50. The second-order valence-electron chi connectivity index (χ2n) is 5.96. The number of hydrogen-bond acceptors (Lipinski definition) is 3. The lowest BCUT2D eigenvalue weighted by atomic mass is 10.1. The zero-order valence-corrected chi connectivity index (χ0v) is 15.3. The lowest BCUT2D eigenvalue weighted by molar-refractivity contribution is 0.102. The van der Waals surface area contributed by atoms with Gasteiger partial charge in [-0.1, -0.05) is 48.0 Å². The Bertz CT molecular complexity index is 880. The first-order valence-electron chi connectivity index (χ1n) is 8.44. The number of carbonyl (C=O) groups excluding carboxylic acids is 1. The van der Waals surface area contributed by atoms with E-state index in [1.807, 2.05) is 37.3 Å². The minimum atomic E-state index is -0.258. The maximum absolute atomic E-state index is 12.4. The number of nitrogens with one attached hydrogen (secondary N) is 2. The predicted molar refractivity (Wildman–Crippen MR) is 107 cm³/mol. The Hall–Kier alpha value is -2.85. The van der Waals surface area contributed by atoms with E-state index in [0.717, 1.165) is 24.2 Å². The van der Waals surface area contributed by atoms with Gasteiger partial charge in [-0.3, -0.25) is 4.79 Å². The number of pyridine rings is 1. The maximum Gasteiger partial charge on any atom is 0.274 e. The van der Waals surface area contributed by atoms with Gasteiger partial charge < -0.3 is 10.6 Å². The number of rotatable bonds is 6. The predicted octanol–water partition coefficient (Wildman–Crippen LogP) is 4.95. The summed E-state index contributed by atoms with van der Waals surface area (Å²) in [4.78, 5) is 16.6. The second-order valence-corrected chi connectivity index (χ2v) is 6.37. The fourth-order valence-corrected chi connectivity index (χ4v) is 2.73. The number of benzene rings is 2. The van der Waals surface area contributed by atoms with Crippen molar-refractivity contribution >= 4 is 28.9 Å². The topological polar surface area (TPSA) is 54.0 Å². The summed E-state index contributed by atoms with van der Waals surface area (Å²) in [5, 5.41) is 6.78. The largest absolute Gasteiger partial charge is 0.383 e. The van der Waals surface area contributed by atoms with Crippen molar-refractivity contribution in [3.63, 3.8) is 0 Å². The van der Waals surface area contributed by atoms with E-state index >= 15 is 0 Å². The number of anilines is 2. The van der Waals surface area contributed by atoms with E-state index in [4.69, 9.17) is 11.6 Å². The summed E-state index contributed by atoms with van der Waals surface area (Å²) in [7, 11) is 0. The van der Waals surface area contributed by atoms with E-state index in [0.29, 0.717) is 16.4 Å². The highest BCUT2D eigenvalue weighted by molar-refractivity contribution is 6.31. The highest BCUT2D eigenvalue weighted by atomic mass is 35.5. The average Bonchev–Trinajstić information content (AvgIpc) is 2.67. The molecular formula is C21H20ClN3O. The summed E-state index contributed by atoms with van der Waals surface area (Å²) in [6.07, 6.45) is 2.60. The summed E-state index contributed by atoms with van der Waals surface area (Å²) >= 11 is 6.08. The summed E-state index contributed by atoms with van der Waals surface area (Å²) in [5.41, 5.74) is 4.05. The summed E-state index contributed by atoms with van der Waals surface area (Å²) in [5.74, 6) is -0.258. The van der Waals surface area contributed by atoms with Crippen LogP contribution in [0.15, 0.2) is 66.9 Å². The highest BCUT2D eigenvalue weighted by Crippen LogP contribution is 2.23. The molecule has 2 aromatic carbocycles. The van der Waals surface area contributed by atoms with Gasteiger partial charge in [0.1, 0.15) is 5.69 Å². The van der Waals surface area contributed by atoms with Gasteiger partial charge in [0.2, 0.25) is 0 Å². The highest BCUT2D eigenvalue weighted by Gasteiger charge is 2.10. The lowest BCUT2D eigenvalue weighted by Gasteiger charge is -2.10. The van der Waals surface area contributed by atoms with E-state index in [-0.39, 0.29) is 5.91 Å². The van der Waals surface area contributed by atoms with Crippen LogP contribution in [0.5, 0.6) is 0 Å². The van der Waals surface area contributed by atoms with Gasteiger partial charge in [-0.05, 0) is 48.7 Å². The smallest absolute Gasteiger partial charge is 0.274 e. The van der Waals surface area contributed by atoms with Crippen LogP contribution in [0.4, 0.5) is 11.4 Å². The zero-order valence-electron chi connectivity index (χ0n) is 14.5. The third-order valence-corrected chi connectivity index (χ3v) is 4.51. The van der Waals surface area contributed by atoms with Crippen molar-refractivity contribution in [3.05, 3.63) is 88.7 Å². The van der Waals surface area contributed by atoms with E-state index in [1.54, 1.807) is 24.4 Å². The Labute approximate surface area is 158 Å². The number of carbonyl (C=O) groups is 1. The molecule has 0 bridgehead atoms. The number of amides is 1. The number of aromatic nitrogens is 1. The average molecular weight is 366 g/mol. The Morgan fingerprint density at radius 1 is 1.04 bits per heavy atom. The van der Waals surface area contributed by atoms with Crippen molar-refractivity contribution in [2.45, 2.75) is 13.3 Å². The van der Waals surface area contributed by atoms with Crippen LogP contribution in [0, 0.1) is 6.92 Å². The molecule has 0 unspecified atom stereocenters. The first-order valence-corrected chi connectivity index (χ1v) is 8.81. The van der Waals surface area contributed by atoms with Crippen LogP contribution in [0.25, 0.3) is 0 Å². The summed E-state index contributed by atoms with van der Waals surface area (Å²) < 4.78 is 0. The number of halogens is 1. The van der Waals surface area contributed by atoms with Crippen molar-refractivity contribution in [2.24, 2.45) is 0 Å². The van der Waals surface area contributed by atoms with E-state index in [1.165, 1.54) is 5.56 Å². The molecule has 0 aliphatic heterocycles. The quantitative estimate of drug-likeness (QED) is 0.649. The first-order chi connectivity index (χ1) is 12.6. The number of hydrogen-bond donors (Lipinski definition) is 2. The molecule has 3 aromatic rings. The van der Waals surface area contributed by atoms with Crippen LogP contribution < -0.4 is 10.6 Å². The molecule has 3 rings (SSSR count). The lowest BCUT2D eigenvalue weighted by Crippen LogP contribution is -2.14. The Kier molecular flexibility index (Phi) is 5.87. The Morgan fingerprint density at radius 3 is 2.58 bits per heavy atom. The molecular weight excluding hydrogens is 346 g/mol. The molecule has 0 aliphatic carbocycles.